The summed E-state index contributed by atoms with van der Waals surface area (Å²) in [6.45, 7) is 2.81. The molecule has 0 aromatic carbocycles. The normalized spacial score (nSPS) is 23.3. The second-order valence-electron chi connectivity index (χ2n) is 6.23. The van der Waals surface area contributed by atoms with Gasteiger partial charge in [-0.2, -0.15) is 0 Å². The fourth-order valence-electron chi connectivity index (χ4n) is 2.95. The van der Waals surface area contributed by atoms with Crippen molar-refractivity contribution in [2.24, 2.45) is 5.92 Å². The highest BCUT2D eigenvalue weighted by atomic mass is 32.2. The Labute approximate surface area is 126 Å². The average molecular weight is 309 g/mol. The van der Waals surface area contributed by atoms with Crippen molar-refractivity contribution in [2.75, 3.05) is 30.8 Å². The molecule has 1 aliphatic carbocycles. The minimum Gasteiger partial charge on any atom is -0.355 e. The molecule has 0 spiro atoms. The molecule has 0 bridgehead atoms. The molecule has 1 N–H and O–H groups in total. The van der Waals surface area contributed by atoms with Crippen LogP contribution in [0.4, 0.5) is 5.82 Å². The van der Waals surface area contributed by atoms with E-state index in [1.165, 1.54) is 25.5 Å². The van der Waals surface area contributed by atoms with E-state index in [0.29, 0.717) is 16.6 Å². The predicted molar refractivity (Wildman–Crippen MR) is 83.3 cm³/mol. The number of sulfone groups is 1. The van der Waals surface area contributed by atoms with Crippen LogP contribution in [0.3, 0.4) is 0 Å². The molecule has 3 rings (SSSR count). The van der Waals surface area contributed by atoms with Crippen molar-refractivity contribution in [3.05, 3.63) is 18.3 Å². The molecule has 1 aromatic heterocycles. The summed E-state index contributed by atoms with van der Waals surface area (Å²) in [4.78, 5) is 6.82. The Morgan fingerprint density at radius 3 is 2.90 bits per heavy atom. The summed E-state index contributed by atoms with van der Waals surface area (Å²) in [5, 5.41) is 3.58. The fraction of sp³-hybridized carbons (Fsp3) is 0.667. The first-order valence-corrected chi connectivity index (χ1v) is 9.56. The molecule has 1 saturated carbocycles. The highest BCUT2D eigenvalue weighted by Gasteiger charge is 2.27. The van der Waals surface area contributed by atoms with Gasteiger partial charge in [-0.3, -0.25) is 0 Å². The van der Waals surface area contributed by atoms with Crippen molar-refractivity contribution < 1.29 is 8.42 Å². The van der Waals surface area contributed by atoms with Gasteiger partial charge in [0.2, 0.25) is 0 Å². The molecule has 6 heteroatoms. The van der Waals surface area contributed by atoms with Crippen LogP contribution in [0.5, 0.6) is 0 Å². The van der Waals surface area contributed by atoms with Crippen LogP contribution < -0.4 is 10.2 Å². The molecule has 116 valence electrons. The number of anilines is 1. The van der Waals surface area contributed by atoms with Crippen molar-refractivity contribution in [3.63, 3.8) is 0 Å². The molecule has 2 fully saturated rings. The highest BCUT2D eigenvalue weighted by molar-refractivity contribution is 7.90. The molecule has 1 aromatic rings. The van der Waals surface area contributed by atoms with Gasteiger partial charge in [0.1, 0.15) is 10.7 Å². The van der Waals surface area contributed by atoms with E-state index in [9.17, 15) is 8.42 Å². The zero-order valence-corrected chi connectivity index (χ0v) is 13.3. The van der Waals surface area contributed by atoms with Crippen LogP contribution in [0.25, 0.3) is 0 Å². The third-order valence-electron chi connectivity index (χ3n) is 4.24. The SMILES string of the molecule is CS(=O)(=O)c1cccnc1N1CCCC(CNC2CC2)C1. The van der Waals surface area contributed by atoms with Gasteiger partial charge in [-0.1, -0.05) is 0 Å². The lowest BCUT2D eigenvalue weighted by molar-refractivity contribution is 0.388. The zero-order chi connectivity index (χ0) is 14.9. The van der Waals surface area contributed by atoms with Crippen molar-refractivity contribution >= 4 is 15.7 Å². The van der Waals surface area contributed by atoms with Crippen LogP contribution in [0.1, 0.15) is 25.7 Å². The smallest absolute Gasteiger partial charge is 0.179 e. The summed E-state index contributed by atoms with van der Waals surface area (Å²) < 4.78 is 23.8. The molecule has 0 amide bonds. The van der Waals surface area contributed by atoms with Gasteiger partial charge in [-0.15, -0.1) is 0 Å². The molecule has 1 aliphatic heterocycles. The molecule has 2 aliphatic rings. The molecule has 1 atom stereocenters. The fourth-order valence-corrected chi connectivity index (χ4v) is 3.79. The Bertz CT molecular complexity index is 599. The van der Waals surface area contributed by atoms with E-state index < -0.39 is 9.84 Å². The Morgan fingerprint density at radius 2 is 2.19 bits per heavy atom. The number of rotatable bonds is 5. The van der Waals surface area contributed by atoms with E-state index in [2.05, 4.69) is 15.2 Å². The van der Waals surface area contributed by atoms with Crippen LogP contribution in [-0.2, 0) is 9.84 Å². The van der Waals surface area contributed by atoms with Crippen LogP contribution in [0.2, 0.25) is 0 Å². The number of pyridine rings is 1. The van der Waals surface area contributed by atoms with Crippen molar-refractivity contribution in [1.29, 1.82) is 0 Å². The molecule has 5 nitrogen and oxygen atoms in total. The minimum absolute atomic E-state index is 0.348. The summed E-state index contributed by atoms with van der Waals surface area (Å²) in [6, 6.07) is 4.07. The first-order valence-electron chi connectivity index (χ1n) is 7.67. The number of aromatic nitrogens is 1. The Balaban J connectivity index is 1.73. The summed E-state index contributed by atoms with van der Waals surface area (Å²) in [6.07, 6.45) is 7.83. The van der Waals surface area contributed by atoms with Crippen molar-refractivity contribution in [2.45, 2.75) is 36.6 Å². The van der Waals surface area contributed by atoms with E-state index in [0.717, 1.165) is 32.1 Å². The van der Waals surface area contributed by atoms with Crippen LogP contribution in [-0.4, -0.2) is 45.3 Å². The molecule has 1 saturated heterocycles. The van der Waals surface area contributed by atoms with Gasteiger partial charge < -0.3 is 10.2 Å². The summed E-state index contributed by atoms with van der Waals surface area (Å²) >= 11 is 0. The topological polar surface area (TPSA) is 62.3 Å². The standard InChI is InChI=1S/C15H23N3O2S/c1-21(19,20)14-5-2-8-16-15(14)18-9-3-4-12(11-18)10-17-13-6-7-13/h2,5,8,12-13,17H,3-4,6-7,9-11H2,1H3. The van der Waals surface area contributed by atoms with Gasteiger partial charge in [-0.25, -0.2) is 13.4 Å². The lowest BCUT2D eigenvalue weighted by Crippen LogP contribution is -2.41. The van der Waals surface area contributed by atoms with Crippen LogP contribution in [0.15, 0.2) is 23.2 Å². The number of nitrogens with zero attached hydrogens (tertiary/aromatic N) is 2. The second-order valence-corrected chi connectivity index (χ2v) is 8.22. The Hall–Kier alpha value is -1.14. The predicted octanol–water partition coefficient (Wildman–Crippen LogP) is 1.45. The monoisotopic (exact) mass is 309 g/mol. The third-order valence-corrected chi connectivity index (χ3v) is 5.36. The Kier molecular flexibility index (Phi) is 4.17. The quantitative estimate of drug-likeness (QED) is 0.892. The van der Waals surface area contributed by atoms with E-state index in [4.69, 9.17) is 0 Å². The third kappa shape index (κ3) is 3.74. The van der Waals surface area contributed by atoms with E-state index in [1.807, 2.05) is 0 Å². The van der Waals surface area contributed by atoms with Gasteiger partial charge >= 0.3 is 0 Å². The maximum Gasteiger partial charge on any atom is 0.179 e. The van der Waals surface area contributed by atoms with E-state index in [1.54, 1.807) is 18.3 Å². The van der Waals surface area contributed by atoms with E-state index >= 15 is 0 Å². The van der Waals surface area contributed by atoms with Crippen LogP contribution >= 0.6 is 0 Å². The van der Waals surface area contributed by atoms with E-state index in [-0.39, 0.29) is 0 Å². The molecular weight excluding hydrogens is 286 g/mol. The minimum atomic E-state index is -3.24. The molecular formula is C15H23N3O2S. The largest absolute Gasteiger partial charge is 0.355 e. The molecule has 2 heterocycles. The zero-order valence-electron chi connectivity index (χ0n) is 12.5. The maximum absolute atomic E-state index is 11.9. The second kappa shape index (κ2) is 5.93. The molecule has 0 radical (unpaired) electrons. The summed E-state index contributed by atoms with van der Waals surface area (Å²) in [5.41, 5.74) is 0. The highest BCUT2D eigenvalue weighted by Crippen LogP contribution is 2.27. The van der Waals surface area contributed by atoms with Gasteiger partial charge in [-0.05, 0) is 50.3 Å². The maximum atomic E-state index is 11.9. The average Bonchev–Trinajstić information content (AvgIpc) is 3.29. The number of nitrogens with one attached hydrogen (secondary N) is 1. The van der Waals surface area contributed by atoms with Crippen molar-refractivity contribution in [3.8, 4) is 0 Å². The van der Waals surface area contributed by atoms with Gasteiger partial charge in [0.05, 0.1) is 0 Å². The number of hydrogen-bond acceptors (Lipinski definition) is 5. The first-order chi connectivity index (χ1) is 10.0. The van der Waals surface area contributed by atoms with Gasteiger partial charge in [0.25, 0.3) is 0 Å². The number of hydrogen-bond donors (Lipinski definition) is 1. The Morgan fingerprint density at radius 1 is 1.38 bits per heavy atom. The molecule has 21 heavy (non-hydrogen) atoms. The lowest BCUT2D eigenvalue weighted by atomic mass is 9.98. The molecule has 1 unspecified atom stereocenters. The van der Waals surface area contributed by atoms with Gasteiger partial charge in [0, 0.05) is 31.6 Å². The first kappa shape index (κ1) is 14.8. The van der Waals surface area contributed by atoms with Gasteiger partial charge in [0.15, 0.2) is 9.84 Å². The summed E-state index contributed by atoms with van der Waals surface area (Å²) in [7, 11) is -3.24. The van der Waals surface area contributed by atoms with Crippen molar-refractivity contribution in [1.82, 2.24) is 10.3 Å². The van der Waals surface area contributed by atoms with Crippen LogP contribution in [0, 0.1) is 5.92 Å². The number of piperidine rings is 1. The summed E-state index contributed by atoms with van der Waals surface area (Å²) in [5.74, 6) is 1.20. The lowest BCUT2D eigenvalue weighted by Gasteiger charge is -2.34.